The summed E-state index contributed by atoms with van der Waals surface area (Å²) in [6.07, 6.45) is 4.87. The van der Waals surface area contributed by atoms with Crippen LogP contribution in [-0.2, 0) is 5.41 Å². The highest BCUT2D eigenvalue weighted by atomic mass is 127. The smallest absolute Gasteiger partial charge is 0.126 e. The molecule has 0 N–H and O–H groups in total. The van der Waals surface area contributed by atoms with Gasteiger partial charge >= 0.3 is 0 Å². The van der Waals surface area contributed by atoms with E-state index in [0.717, 1.165) is 12.5 Å². The number of nitriles is 1. The lowest BCUT2D eigenvalue weighted by Crippen LogP contribution is -2.47. The molecule has 2 aromatic rings. The van der Waals surface area contributed by atoms with E-state index in [1.807, 2.05) is 0 Å². The minimum atomic E-state index is -0.462. The van der Waals surface area contributed by atoms with Crippen molar-refractivity contribution in [1.82, 2.24) is 4.90 Å². The Bertz CT molecular complexity index is 685. The zero-order valence-corrected chi connectivity index (χ0v) is 18.7. The molecule has 134 valence electrons. The monoisotopic (exact) mass is 484 g/mol. The van der Waals surface area contributed by atoms with Gasteiger partial charge in [0.1, 0.15) is 5.41 Å². The maximum absolute atomic E-state index is 10.3. The van der Waals surface area contributed by atoms with Crippen molar-refractivity contribution in [1.29, 1.82) is 5.26 Å². The number of hydrogen-bond donors (Lipinski definition) is 0. The third-order valence-corrected chi connectivity index (χ3v) is 8.53. The Kier molecular flexibility index (Phi) is 5.94. The molecule has 2 fully saturated rings. The van der Waals surface area contributed by atoms with E-state index in [1.165, 1.54) is 29.0 Å². The molecule has 4 rings (SSSR count). The van der Waals surface area contributed by atoms with E-state index in [2.05, 4.69) is 60.0 Å². The Labute approximate surface area is 175 Å². The second kappa shape index (κ2) is 7.67. The van der Waals surface area contributed by atoms with Gasteiger partial charge in [-0.2, -0.15) is 5.26 Å². The fraction of sp³-hybridized carbons (Fsp3) is 0.550. The molecule has 4 heterocycles. The largest absolute Gasteiger partial charge is 0.300 e. The van der Waals surface area contributed by atoms with Gasteiger partial charge in [0, 0.05) is 21.8 Å². The fourth-order valence-electron chi connectivity index (χ4n) is 5.02. The fourth-order valence-corrected chi connectivity index (χ4v) is 6.89. The molecule has 0 aliphatic carbocycles. The average molecular weight is 484 g/mol. The van der Waals surface area contributed by atoms with Crippen LogP contribution in [0.5, 0.6) is 0 Å². The van der Waals surface area contributed by atoms with Crippen LogP contribution in [0.1, 0.15) is 42.4 Å². The van der Waals surface area contributed by atoms with Gasteiger partial charge in [-0.05, 0) is 67.5 Å². The topological polar surface area (TPSA) is 27.0 Å². The first-order chi connectivity index (χ1) is 11.7. The predicted molar refractivity (Wildman–Crippen MR) is 117 cm³/mol. The number of thiophene rings is 2. The summed E-state index contributed by atoms with van der Waals surface area (Å²) in [5, 5.41) is 14.5. The van der Waals surface area contributed by atoms with E-state index in [0.29, 0.717) is 17.9 Å². The second-order valence-corrected chi connectivity index (χ2v) is 9.39. The molecule has 2 bridgehead atoms. The van der Waals surface area contributed by atoms with Gasteiger partial charge < -0.3 is 4.90 Å². The van der Waals surface area contributed by atoms with Crippen molar-refractivity contribution in [3.63, 3.8) is 0 Å². The molecule has 4 unspecified atom stereocenters. The molecule has 0 radical (unpaired) electrons. The standard InChI is InChI=1S/C20H24N2S2.HI/c1-14-15(11-16-7-8-17(14)22(16)2)12-20(13-21,18-5-3-9-23-18)19-6-4-10-24-19;/h3-6,9-10,14-17H,7-8,11-12H2,1-2H3;1H. The van der Waals surface area contributed by atoms with Crippen LogP contribution in [-0.4, -0.2) is 24.0 Å². The van der Waals surface area contributed by atoms with Crippen LogP contribution in [0, 0.1) is 23.2 Å². The Morgan fingerprint density at radius 1 is 1.20 bits per heavy atom. The SMILES string of the molecule is CC1C(CC(C#N)(c2cccs2)c2cccs2)CC2CCC1N2C.I. The van der Waals surface area contributed by atoms with Crippen molar-refractivity contribution in [3.05, 3.63) is 44.8 Å². The minimum absolute atomic E-state index is 0. The van der Waals surface area contributed by atoms with Crippen LogP contribution in [0.4, 0.5) is 0 Å². The highest BCUT2D eigenvalue weighted by Crippen LogP contribution is 2.49. The lowest BCUT2D eigenvalue weighted by Gasteiger charge is -2.43. The van der Waals surface area contributed by atoms with Gasteiger partial charge in [0.05, 0.1) is 6.07 Å². The van der Waals surface area contributed by atoms with Crippen molar-refractivity contribution >= 4 is 46.7 Å². The molecule has 4 atom stereocenters. The molecule has 0 aromatic carbocycles. The third-order valence-electron chi connectivity index (χ3n) is 6.46. The van der Waals surface area contributed by atoms with Gasteiger partial charge in [-0.1, -0.05) is 19.1 Å². The maximum atomic E-state index is 10.3. The molecule has 2 aliphatic rings. The van der Waals surface area contributed by atoms with Gasteiger partial charge in [-0.25, -0.2) is 0 Å². The van der Waals surface area contributed by atoms with E-state index in [4.69, 9.17) is 0 Å². The number of fused-ring (bicyclic) bond motifs is 2. The summed E-state index contributed by atoms with van der Waals surface area (Å²) in [7, 11) is 2.30. The quantitative estimate of drug-likeness (QED) is 0.517. The van der Waals surface area contributed by atoms with Crippen LogP contribution in [0.2, 0.25) is 0 Å². The number of piperidine rings is 1. The molecular formula is C20H25IN2S2. The van der Waals surface area contributed by atoms with Crippen LogP contribution in [0.15, 0.2) is 35.0 Å². The summed E-state index contributed by atoms with van der Waals surface area (Å²) in [4.78, 5) is 5.03. The highest BCUT2D eigenvalue weighted by molar-refractivity contribution is 14.0. The van der Waals surface area contributed by atoms with Crippen LogP contribution < -0.4 is 0 Å². The van der Waals surface area contributed by atoms with Crippen molar-refractivity contribution < 1.29 is 0 Å². The Hall–Kier alpha value is -0.420. The van der Waals surface area contributed by atoms with E-state index in [9.17, 15) is 5.26 Å². The number of rotatable bonds is 4. The van der Waals surface area contributed by atoms with Crippen molar-refractivity contribution in [3.8, 4) is 6.07 Å². The zero-order chi connectivity index (χ0) is 16.7. The predicted octanol–water partition coefficient (Wildman–Crippen LogP) is 5.75. The van der Waals surface area contributed by atoms with Crippen LogP contribution >= 0.6 is 46.7 Å². The molecule has 5 heteroatoms. The number of halogens is 1. The molecule has 0 spiro atoms. The summed E-state index contributed by atoms with van der Waals surface area (Å²) < 4.78 is 0. The molecule has 0 amide bonds. The van der Waals surface area contributed by atoms with E-state index in [-0.39, 0.29) is 24.0 Å². The Morgan fingerprint density at radius 2 is 1.84 bits per heavy atom. The zero-order valence-electron chi connectivity index (χ0n) is 14.7. The molecule has 25 heavy (non-hydrogen) atoms. The van der Waals surface area contributed by atoms with Gasteiger partial charge in [0.2, 0.25) is 0 Å². The lowest BCUT2D eigenvalue weighted by atomic mass is 9.70. The second-order valence-electron chi connectivity index (χ2n) is 7.49. The average Bonchev–Trinajstić information content (AvgIpc) is 3.32. The minimum Gasteiger partial charge on any atom is -0.300 e. The molecular weight excluding hydrogens is 459 g/mol. The van der Waals surface area contributed by atoms with E-state index < -0.39 is 5.41 Å². The van der Waals surface area contributed by atoms with Crippen LogP contribution in [0.3, 0.4) is 0 Å². The molecule has 2 aromatic heterocycles. The lowest BCUT2D eigenvalue weighted by molar-refractivity contribution is 0.0681. The first kappa shape index (κ1) is 19.3. The molecule has 0 saturated carbocycles. The van der Waals surface area contributed by atoms with Gasteiger partial charge in [-0.3, -0.25) is 0 Å². The van der Waals surface area contributed by atoms with Gasteiger partial charge in [0.25, 0.3) is 0 Å². The summed E-state index contributed by atoms with van der Waals surface area (Å²) in [6.45, 7) is 2.42. The summed E-state index contributed by atoms with van der Waals surface area (Å²) in [5.41, 5.74) is -0.462. The first-order valence-electron chi connectivity index (χ1n) is 8.87. The van der Waals surface area contributed by atoms with Gasteiger partial charge in [-0.15, -0.1) is 46.7 Å². The van der Waals surface area contributed by atoms with Gasteiger partial charge in [0.15, 0.2) is 0 Å². The van der Waals surface area contributed by atoms with Crippen molar-refractivity contribution in [2.75, 3.05) is 7.05 Å². The summed E-state index contributed by atoms with van der Waals surface area (Å²) in [6, 6.07) is 12.7. The molecule has 2 aliphatic heterocycles. The maximum Gasteiger partial charge on any atom is 0.126 e. The third kappa shape index (κ3) is 3.20. The Morgan fingerprint density at radius 3 is 2.36 bits per heavy atom. The molecule has 2 saturated heterocycles. The normalized spacial score (nSPS) is 29.2. The molecule has 2 nitrogen and oxygen atoms in total. The summed E-state index contributed by atoms with van der Waals surface area (Å²) >= 11 is 3.47. The highest BCUT2D eigenvalue weighted by Gasteiger charge is 2.47. The van der Waals surface area contributed by atoms with Crippen LogP contribution in [0.25, 0.3) is 0 Å². The van der Waals surface area contributed by atoms with Crippen molar-refractivity contribution in [2.24, 2.45) is 11.8 Å². The number of hydrogen-bond acceptors (Lipinski definition) is 4. The van der Waals surface area contributed by atoms with E-state index >= 15 is 0 Å². The van der Waals surface area contributed by atoms with E-state index in [1.54, 1.807) is 22.7 Å². The van der Waals surface area contributed by atoms with Crippen molar-refractivity contribution in [2.45, 2.75) is 50.1 Å². The summed E-state index contributed by atoms with van der Waals surface area (Å²) in [5.74, 6) is 1.30. The Balaban J connectivity index is 0.00000182. The number of nitrogens with zero attached hydrogens (tertiary/aromatic N) is 2. The first-order valence-corrected chi connectivity index (χ1v) is 10.6.